The fraction of sp³-hybridized carbons (Fsp3) is 0.636. The highest BCUT2D eigenvalue weighted by atomic mass is 16.4. The zero-order chi connectivity index (χ0) is 11.2. The summed E-state index contributed by atoms with van der Waals surface area (Å²) in [6.07, 6.45) is 2.28. The molecule has 4 heteroatoms. The van der Waals surface area contributed by atoms with Crippen molar-refractivity contribution in [3.05, 3.63) is 17.5 Å². The van der Waals surface area contributed by atoms with E-state index in [9.17, 15) is 4.79 Å². The van der Waals surface area contributed by atoms with E-state index in [0.717, 1.165) is 18.5 Å². The van der Waals surface area contributed by atoms with Gasteiger partial charge in [0, 0.05) is 5.92 Å². The van der Waals surface area contributed by atoms with Gasteiger partial charge in [-0.3, -0.25) is 4.68 Å². The minimum atomic E-state index is -0.899. The molecule has 0 bridgehead atoms. The maximum atomic E-state index is 11.1. The van der Waals surface area contributed by atoms with E-state index >= 15 is 0 Å². The van der Waals surface area contributed by atoms with Crippen LogP contribution in [0.4, 0.5) is 0 Å². The van der Waals surface area contributed by atoms with E-state index in [4.69, 9.17) is 5.11 Å². The molecule has 0 saturated heterocycles. The van der Waals surface area contributed by atoms with Crippen molar-refractivity contribution in [2.75, 3.05) is 0 Å². The highest BCUT2D eigenvalue weighted by Gasteiger charge is 2.31. The van der Waals surface area contributed by atoms with Gasteiger partial charge in [0.1, 0.15) is 5.69 Å². The third-order valence-electron chi connectivity index (χ3n) is 2.58. The molecule has 1 aliphatic carbocycles. The number of aromatic nitrogens is 2. The van der Waals surface area contributed by atoms with Crippen molar-refractivity contribution in [3.63, 3.8) is 0 Å². The zero-order valence-corrected chi connectivity index (χ0v) is 9.32. The summed E-state index contributed by atoms with van der Waals surface area (Å²) in [6.45, 7) is 5.88. The van der Waals surface area contributed by atoms with Gasteiger partial charge >= 0.3 is 5.97 Å². The molecule has 0 radical (unpaired) electrons. The van der Waals surface area contributed by atoms with Crippen LogP contribution in [0.2, 0.25) is 0 Å². The number of carboxylic acids is 1. The van der Waals surface area contributed by atoms with Crippen LogP contribution >= 0.6 is 0 Å². The van der Waals surface area contributed by atoms with E-state index < -0.39 is 5.97 Å². The average Bonchev–Trinajstić information content (AvgIpc) is 2.81. The largest absolute Gasteiger partial charge is 0.477 e. The molecule has 0 aliphatic heterocycles. The highest BCUT2D eigenvalue weighted by molar-refractivity contribution is 5.86. The van der Waals surface area contributed by atoms with E-state index in [1.54, 1.807) is 10.7 Å². The van der Waals surface area contributed by atoms with Crippen LogP contribution in [0.3, 0.4) is 0 Å². The zero-order valence-electron chi connectivity index (χ0n) is 9.32. The lowest BCUT2D eigenvalue weighted by molar-refractivity contribution is 0.0675. The molecule has 1 N–H and O–H groups in total. The summed E-state index contributed by atoms with van der Waals surface area (Å²) >= 11 is 0. The molecule has 1 heterocycles. The molecule has 1 saturated carbocycles. The van der Waals surface area contributed by atoms with Gasteiger partial charge in [-0.25, -0.2) is 4.79 Å². The fourth-order valence-electron chi connectivity index (χ4n) is 1.64. The van der Waals surface area contributed by atoms with Crippen molar-refractivity contribution in [1.82, 2.24) is 9.78 Å². The van der Waals surface area contributed by atoms with Crippen LogP contribution in [0, 0.1) is 0 Å². The first-order valence-electron chi connectivity index (χ1n) is 5.23. The lowest BCUT2D eigenvalue weighted by atomic mass is 10.1. The van der Waals surface area contributed by atoms with Gasteiger partial charge in [-0.05, 0) is 39.7 Å². The number of nitrogens with zero attached hydrogens (tertiary/aromatic N) is 2. The number of rotatable bonds is 2. The summed E-state index contributed by atoms with van der Waals surface area (Å²) in [7, 11) is 0. The molecule has 2 rings (SSSR count). The Morgan fingerprint density at radius 2 is 2.13 bits per heavy atom. The van der Waals surface area contributed by atoms with E-state index in [1.807, 2.05) is 20.8 Å². The molecular weight excluding hydrogens is 192 g/mol. The second kappa shape index (κ2) is 3.08. The first-order valence-corrected chi connectivity index (χ1v) is 5.23. The lowest BCUT2D eigenvalue weighted by Crippen LogP contribution is -2.27. The van der Waals surface area contributed by atoms with Crippen LogP contribution in [-0.4, -0.2) is 20.9 Å². The van der Waals surface area contributed by atoms with Gasteiger partial charge in [0.05, 0.1) is 11.2 Å². The predicted octanol–water partition coefficient (Wildman–Crippen LogP) is 2.21. The Labute approximate surface area is 88.9 Å². The topological polar surface area (TPSA) is 55.1 Å². The molecule has 0 amide bonds. The number of hydrogen-bond acceptors (Lipinski definition) is 2. The molecule has 0 atom stereocenters. The third kappa shape index (κ3) is 1.89. The Kier molecular flexibility index (Phi) is 2.10. The summed E-state index contributed by atoms with van der Waals surface area (Å²) in [5.41, 5.74) is 0.952. The van der Waals surface area contributed by atoms with Crippen LogP contribution in [0.1, 0.15) is 55.7 Å². The van der Waals surface area contributed by atoms with E-state index in [1.165, 1.54) is 0 Å². The van der Waals surface area contributed by atoms with Gasteiger partial charge in [-0.1, -0.05) is 0 Å². The van der Waals surface area contributed by atoms with Crippen LogP contribution < -0.4 is 0 Å². The quantitative estimate of drug-likeness (QED) is 0.810. The summed E-state index contributed by atoms with van der Waals surface area (Å²) in [5.74, 6) is -0.406. The van der Waals surface area contributed by atoms with Gasteiger partial charge in [-0.15, -0.1) is 0 Å². The molecule has 0 spiro atoms. The van der Waals surface area contributed by atoms with Gasteiger partial charge in [-0.2, -0.15) is 5.10 Å². The Morgan fingerprint density at radius 3 is 2.47 bits per heavy atom. The Balaban J connectivity index is 2.46. The molecule has 1 aliphatic rings. The second-order valence-corrected chi connectivity index (χ2v) is 5.12. The first-order chi connectivity index (χ1) is 6.89. The Morgan fingerprint density at radius 1 is 1.53 bits per heavy atom. The summed E-state index contributed by atoms with van der Waals surface area (Å²) in [4.78, 5) is 11.1. The van der Waals surface area contributed by atoms with Crippen molar-refractivity contribution in [2.45, 2.75) is 45.1 Å². The third-order valence-corrected chi connectivity index (χ3v) is 2.58. The maximum absolute atomic E-state index is 11.1. The smallest absolute Gasteiger partial charge is 0.354 e. The second-order valence-electron chi connectivity index (χ2n) is 5.12. The van der Waals surface area contributed by atoms with Crippen molar-refractivity contribution < 1.29 is 9.90 Å². The SMILES string of the molecule is CC(C)(C)n1nc(C2CC2)cc1C(=O)O. The number of carboxylic acid groups (broad SMARTS) is 1. The minimum Gasteiger partial charge on any atom is -0.477 e. The molecule has 4 nitrogen and oxygen atoms in total. The van der Waals surface area contributed by atoms with E-state index in [0.29, 0.717) is 11.6 Å². The number of carbonyl (C=O) groups is 1. The van der Waals surface area contributed by atoms with Crippen LogP contribution in [0.15, 0.2) is 6.07 Å². The molecule has 0 aromatic carbocycles. The summed E-state index contributed by atoms with van der Waals surface area (Å²) < 4.78 is 1.61. The van der Waals surface area contributed by atoms with Crippen molar-refractivity contribution in [3.8, 4) is 0 Å². The Hall–Kier alpha value is -1.32. The monoisotopic (exact) mass is 208 g/mol. The highest BCUT2D eigenvalue weighted by Crippen LogP contribution is 2.40. The van der Waals surface area contributed by atoms with E-state index in [-0.39, 0.29) is 5.54 Å². The average molecular weight is 208 g/mol. The van der Waals surface area contributed by atoms with Crippen molar-refractivity contribution >= 4 is 5.97 Å². The lowest BCUT2D eigenvalue weighted by Gasteiger charge is -2.20. The van der Waals surface area contributed by atoms with Gasteiger partial charge in [0.2, 0.25) is 0 Å². The molecule has 0 unspecified atom stereocenters. The predicted molar refractivity (Wildman–Crippen MR) is 56.2 cm³/mol. The maximum Gasteiger partial charge on any atom is 0.354 e. The number of hydrogen-bond donors (Lipinski definition) is 1. The van der Waals surface area contributed by atoms with E-state index in [2.05, 4.69) is 5.10 Å². The molecule has 82 valence electrons. The molecule has 1 fully saturated rings. The fourth-order valence-corrected chi connectivity index (χ4v) is 1.64. The Bertz CT molecular complexity index is 397. The normalized spacial score (nSPS) is 16.7. The molecule has 15 heavy (non-hydrogen) atoms. The number of aromatic carboxylic acids is 1. The van der Waals surface area contributed by atoms with Gasteiger partial charge in [0.25, 0.3) is 0 Å². The van der Waals surface area contributed by atoms with Gasteiger partial charge < -0.3 is 5.11 Å². The van der Waals surface area contributed by atoms with Crippen LogP contribution in [0.25, 0.3) is 0 Å². The molecule has 1 aromatic rings. The summed E-state index contributed by atoms with van der Waals surface area (Å²) in [6, 6.07) is 1.71. The summed E-state index contributed by atoms with van der Waals surface area (Å²) in [5, 5.41) is 13.5. The first kappa shape index (κ1) is 10.2. The van der Waals surface area contributed by atoms with Crippen molar-refractivity contribution in [1.29, 1.82) is 0 Å². The standard InChI is InChI=1S/C11H16N2O2/c1-11(2,3)13-9(10(14)15)6-8(12-13)7-4-5-7/h6-7H,4-5H2,1-3H3,(H,14,15). The minimum absolute atomic E-state index is 0.277. The van der Waals surface area contributed by atoms with Gasteiger partial charge in [0.15, 0.2) is 0 Å². The van der Waals surface area contributed by atoms with Crippen LogP contribution in [0.5, 0.6) is 0 Å². The van der Waals surface area contributed by atoms with Crippen molar-refractivity contribution in [2.24, 2.45) is 0 Å². The molecule has 1 aromatic heterocycles. The van der Waals surface area contributed by atoms with Crippen LogP contribution in [-0.2, 0) is 5.54 Å². The molecular formula is C11H16N2O2.